The van der Waals surface area contributed by atoms with Gasteiger partial charge < -0.3 is 19.5 Å². The van der Waals surface area contributed by atoms with E-state index in [0.717, 1.165) is 5.56 Å². The summed E-state index contributed by atoms with van der Waals surface area (Å²) in [5, 5.41) is 3.60. The number of nitrogens with zero attached hydrogens (tertiary/aromatic N) is 2. The molecule has 0 aliphatic carbocycles. The Morgan fingerprint density at radius 2 is 2.04 bits per heavy atom. The first-order valence-corrected chi connectivity index (χ1v) is 7.70. The standard InChI is InChI=1S/C17H20ClN3O3/c1-20(2)17(23)13-8-12(18)9-14(16(13)24-4)19-10-11-5-6-21(3)15(22)7-11/h5-9,19H,10H2,1-4H3. The minimum Gasteiger partial charge on any atom is -0.494 e. The smallest absolute Gasteiger partial charge is 0.257 e. The zero-order chi connectivity index (χ0) is 17.9. The number of carbonyl (C=O) groups is 1. The summed E-state index contributed by atoms with van der Waals surface area (Å²) in [7, 11) is 6.52. The molecule has 2 aromatic rings. The van der Waals surface area contributed by atoms with Gasteiger partial charge in [0.15, 0.2) is 5.75 Å². The monoisotopic (exact) mass is 349 g/mol. The maximum absolute atomic E-state index is 12.3. The largest absolute Gasteiger partial charge is 0.494 e. The van der Waals surface area contributed by atoms with E-state index in [0.29, 0.717) is 28.6 Å². The van der Waals surface area contributed by atoms with Gasteiger partial charge in [0.1, 0.15) is 0 Å². The van der Waals surface area contributed by atoms with Crippen molar-refractivity contribution in [3.8, 4) is 5.75 Å². The Bertz CT molecular complexity index is 815. The van der Waals surface area contributed by atoms with Crippen LogP contribution in [0.1, 0.15) is 15.9 Å². The number of amides is 1. The lowest BCUT2D eigenvalue weighted by molar-refractivity contribution is 0.0824. The van der Waals surface area contributed by atoms with Gasteiger partial charge in [0.05, 0.1) is 18.4 Å². The molecule has 6 nitrogen and oxygen atoms in total. The lowest BCUT2D eigenvalue weighted by Crippen LogP contribution is -2.22. The molecule has 0 aliphatic rings. The van der Waals surface area contributed by atoms with Crippen LogP contribution in [-0.2, 0) is 13.6 Å². The van der Waals surface area contributed by atoms with Gasteiger partial charge in [-0.15, -0.1) is 0 Å². The van der Waals surface area contributed by atoms with E-state index in [4.69, 9.17) is 16.3 Å². The summed E-state index contributed by atoms with van der Waals surface area (Å²) < 4.78 is 6.90. The van der Waals surface area contributed by atoms with Gasteiger partial charge in [-0.1, -0.05) is 11.6 Å². The van der Waals surface area contributed by atoms with Gasteiger partial charge in [-0.3, -0.25) is 9.59 Å². The van der Waals surface area contributed by atoms with Crippen molar-refractivity contribution in [1.82, 2.24) is 9.47 Å². The fraction of sp³-hybridized carbons (Fsp3) is 0.294. The number of anilines is 1. The quantitative estimate of drug-likeness (QED) is 0.900. The molecule has 0 bridgehead atoms. The van der Waals surface area contributed by atoms with Gasteiger partial charge in [0.2, 0.25) is 0 Å². The van der Waals surface area contributed by atoms with Crippen LogP contribution >= 0.6 is 11.6 Å². The molecular formula is C17H20ClN3O3. The number of carbonyl (C=O) groups excluding carboxylic acids is 1. The van der Waals surface area contributed by atoms with Gasteiger partial charge in [-0.05, 0) is 23.8 Å². The molecule has 1 amide bonds. The Balaban J connectivity index is 2.33. The van der Waals surface area contributed by atoms with Crippen LogP contribution in [0.5, 0.6) is 5.75 Å². The normalized spacial score (nSPS) is 10.4. The molecule has 0 aliphatic heterocycles. The molecule has 128 valence electrons. The Hall–Kier alpha value is -2.47. The first-order chi connectivity index (χ1) is 11.3. The molecule has 7 heteroatoms. The lowest BCUT2D eigenvalue weighted by atomic mass is 10.1. The second-order valence-electron chi connectivity index (χ2n) is 5.57. The average Bonchev–Trinajstić information content (AvgIpc) is 2.54. The number of aromatic nitrogens is 1. The molecule has 0 unspecified atom stereocenters. The van der Waals surface area contributed by atoms with Crippen molar-refractivity contribution in [2.45, 2.75) is 6.54 Å². The Kier molecular flexibility index (Phi) is 5.51. The molecule has 24 heavy (non-hydrogen) atoms. The zero-order valence-corrected chi connectivity index (χ0v) is 14.8. The molecule has 0 fully saturated rings. The van der Waals surface area contributed by atoms with Crippen molar-refractivity contribution in [3.63, 3.8) is 0 Å². The van der Waals surface area contributed by atoms with Gasteiger partial charge in [-0.2, -0.15) is 0 Å². The van der Waals surface area contributed by atoms with E-state index in [1.54, 1.807) is 45.5 Å². The highest BCUT2D eigenvalue weighted by atomic mass is 35.5. The van der Waals surface area contributed by atoms with Crippen molar-refractivity contribution < 1.29 is 9.53 Å². The van der Waals surface area contributed by atoms with E-state index < -0.39 is 0 Å². The molecule has 0 saturated carbocycles. The van der Waals surface area contributed by atoms with Crippen LogP contribution in [0.25, 0.3) is 0 Å². The number of hydrogen-bond donors (Lipinski definition) is 1. The van der Waals surface area contributed by atoms with Crippen LogP contribution in [0.4, 0.5) is 5.69 Å². The summed E-state index contributed by atoms with van der Waals surface area (Å²) in [6.45, 7) is 0.405. The number of rotatable bonds is 5. The molecule has 1 N–H and O–H groups in total. The molecule has 0 spiro atoms. The predicted octanol–water partition coefficient (Wildman–Crippen LogP) is 2.36. The van der Waals surface area contributed by atoms with Crippen molar-refractivity contribution in [1.29, 1.82) is 0 Å². The van der Waals surface area contributed by atoms with Crippen LogP contribution < -0.4 is 15.6 Å². The van der Waals surface area contributed by atoms with Crippen molar-refractivity contribution >= 4 is 23.2 Å². The van der Waals surface area contributed by atoms with E-state index in [9.17, 15) is 9.59 Å². The van der Waals surface area contributed by atoms with E-state index in [1.807, 2.05) is 6.07 Å². The van der Waals surface area contributed by atoms with Gasteiger partial charge >= 0.3 is 0 Å². The molecule has 2 rings (SSSR count). The van der Waals surface area contributed by atoms with Crippen LogP contribution in [0, 0.1) is 0 Å². The molecule has 0 saturated heterocycles. The highest BCUT2D eigenvalue weighted by Gasteiger charge is 2.19. The molecular weight excluding hydrogens is 330 g/mol. The Morgan fingerprint density at radius 3 is 2.62 bits per heavy atom. The fourth-order valence-electron chi connectivity index (χ4n) is 2.24. The minimum absolute atomic E-state index is 0.0872. The molecule has 0 radical (unpaired) electrons. The number of nitrogens with one attached hydrogen (secondary N) is 1. The number of benzene rings is 1. The van der Waals surface area contributed by atoms with Crippen LogP contribution in [0.2, 0.25) is 5.02 Å². The Labute approximate surface area is 145 Å². The number of pyridine rings is 1. The van der Waals surface area contributed by atoms with E-state index in [2.05, 4.69) is 5.32 Å². The third kappa shape index (κ3) is 3.89. The molecule has 1 heterocycles. The molecule has 0 atom stereocenters. The predicted molar refractivity (Wildman–Crippen MR) is 95.0 cm³/mol. The summed E-state index contributed by atoms with van der Waals surface area (Å²) in [5.74, 6) is 0.216. The highest BCUT2D eigenvalue weighted by Crippen LogP contribution is 2.33. The first kappa shape index (κ1) is 17.9. The van der Waals surface area contributed by atoms with Gasteiger partial charge in [0.25, 0.3) is 11.5 Å². The summed E-state index contributed by atoms with van der Waals surface area (Å²) >= 11 is 6.14. The van der Waals surface area contributed by atoms with Crippen LogP contribution in [-0.4, -0.2) is 36.6 Å². The molecule has 1 aromatic heterocycles. The number of hydrogen-bond acceptors (Lipinski definition) is 4. The Morgan fingerprint density at radius 1 is 1.33 bits per heavy atom. The van der Waals surface area contributed by atoms with Crippen molar-refractivity contribution in [3.05, 3.63) is 57.0 Å². The summed E-state index contributed by atoms with van der Waals surface area (Å²) in [6.07, 6.45) is 1.70. The number of methoxy groups -OCH3 is 1. The maximum atomic E-state index is 12.3. The third-order valence-electron chi connectivity index (χ3n) is 3.55. The van der Waals surface area contributed by atoms with Gasteiger partial charge in [-0.25, -0.2) is 0 Å². The van der Waals surface area contributed by atoms with Crippen molar-refractivity contribution in [2.75, 3.05) is 26.5 Å². The van der Waals surface area contributed by atoms with E-state index >= 15 is 0 Å². The SMILES string of the molecule is COc1c(NCc2ccn(C)c(=O)c2)cc(Cl)cc1C(=O)N(C)C. The van der Waals surface area contributed by atoms with Crippen LogP contribution in [0.15, 0.2) is 35.3 Å². The number of halogens is 1. The first-order valence-electron chi connectivity index (χ1n) is 7.32. The average molecular weight is 350 g/mol. The van der Waals surface area contributed by atoms with E-state index in [-0.39, 0.29) is 11.5 Å². The number of ether oxygens (including phenoxy) is 1. The van der Waals surface area contributed by atoms with E-state index in [1.165, 1.54) is 16.6 Å². The summed E-state index contributed by atoms with van der Waals surface area (Å²) in [4.78, 5) is 25.4. The summed E-state index contributed by atoms with van der Waals surface area (Å²) in [6, 6.07) is 6.66. The fourth-order valence-corrected chi connectivity index (χ4v) is 2.46. The second kappa shape index (κ2) is 7.40. The minimum atomic E-state index is -0.203. The third-order valence-corrected chi connectivity index (χ3v) is 3.76. The summed E-state index contributed by atoms with van der Waals surface area (Å²) in [5.41, 5.74) is 1.70. The van der Waals surface area contributed by atoms with Crippen LogP contribution in [0.3, 0.4) is 0 Å². The second-order valence-corrected chi connectivity index (χ2v) is 6.01. The van der Waals surface area contributed by atoms with Gasteiger partial charge in [0, 0.05) is 45.0 Å². The maximum Gasteiger partial charge on any atom is 0.257 e. The lowest BCUT2D eigenvalue weighted by Gasteiger charge is -2.18. The molecule has 1 aromatic carbocycles. The van der Waals surface area contributed by atoms with Crippen molar-refractivity contribution in [2.24, 2.45) is 7.05 Å². The topological polar surface area (TPSA) is 63.6 Å². The number of aryl methyl sites for hydroxylation is 1. The zero-order valence-electron chi connectivity index (χ0n) is 14.1. The highest BCUT2D eigenvalue weighted by molar-refractivity contribution is 6.31.